The quantitative estimate of drug-likeness (QED) is 0.813. The maximum atomic E-state index is 11.8. The predicted molar refractivity (Wildman–Crippen MR) is 84.6 cm³/mol. The van der Waals surface area contributed by atoms with Gasteiger partial charge in [-0.2, -0.15) is 0 Å². The summed E-state index contributed by atoms with van der Waals surface area (Å²) in [5.41, 5.74) is 0.111. The molecule has 2 N–H and O–H groups in total. The number of hydrogen-bond acceptors (Lipinski definition) is 5. The summed E-state index contributed by atoms with van der Waals surface area (Å²) in [6.07, 6.45) is 1.93. The molecule has 1 aliphatic rings. The maximum Gasteiger partial charge on any atom is 0.326 e. The minimum absolute atomic E-state index is 0.127. The van der Waals surface area contributed by atoms with Crippen molar-refractivity contribution in [3.8, 4) is 5.75 Å². The Morgan fingerprint density at radius 2 is 2.04 bits per heavy atom. The van der Waals surface area contributed by atoms with Crippen molar-refractivity contribution in [1.82, 2.24) is 9.47 Å². The van der Waals surface area contributed by atoms with E-state index in [0.717, 1.165) is 13.1 Å². The number of aromatic hydroxyl groups is 1. The highest BCUT2D eigenvalue weighted by Crippen LogP contribution is 2.25. The first-order valence-electron chi connectivity index (χ1n) is 7.91. The molecule has 0 radical (unpaired) electrons. The van der Waals surface area contributed by atoms with E-state index in [2.05, 4.69) is 4.90 Å². The van der Waals surface area contributed by atoms with E-state index in [1.165, 1.54) is 16.8 Å². The minimum atomic E-state index is -0.967. The van der Waals surface area contributed by atoms with Gasteiger partial charge in [0.1, 0.15) is 6.04 Å². The van der Waals surface area contributed by atoms with E-state index >= 15 is 0 Å². The van der Waals surface area contributed by atoms with Crippen LogP contribution in [0.3, 0.4) is 0 Å². The third kappa shape index (κ3) is 4.11. The van der Waals surface area contributed by atoms with E-state index < -0.39 is 23.2 Å². The van der Waals surface area contributed by atoms with Gasteiger partial charge in [0.05, 0.1) is 19.4 Å². The van der Waals surface area contributed by atoms with Crippen LogP contribution in [0.2, 0.25) is 0 Å². The molecule has 1 aromatic heterocycles. The molecular formula is C16H24N2O5. The first kappa shape index (κ1) is 17.5. The Balaban J connectivity index is 2.41. The number of carboxylic acids is 1. The summed E-state index contributed by atoms with van der Waals surface area (Å²) in [6, 6.07) is 0.519. The number of aromatic nitrogens is 1. The Bertz CT molecular complexity index is 607. The van der Waals surface area contributed by atoms with Crippen LogP contribution in [0.15, 0.2) is 17.1 Å². The van der Waals surface area contributed by atoms with Crippen molar-refractivity contribution < 1.29 is 19.7 Å². The molecule has 0 saturated carbocycles. The van der Waals surface area contributed by atoms with E-state index in [1.807, 2.05) is 13.8 Å². The van der Waals surface area contributed by atoms with Crippen LogP contribution in [-0.2, 0) is 16.1 Å². The van der Waals surface area contributed by atoms with Crippen LogP contribution in [0.5, 0.6) is 5.75 Å². The highest BCUT2D eigenvalue weighted by molar-refractivity contribution is 5.72. The van der Waals surface area contributed by atoms with Crippen LogP contribution in [0.25, 0.3) is 0 Å². The molecule has 2 rings (SSSR count). The van der Waals surface area contributed by atoms with Crippen molar-refractivity contribution in [3.05, 3.63) is 28.2 Å². The molecule has 1 saturated heterocycles. The summed E-state index contributed by atoms with van der Waals surface area (Å²) < 4.78 is 6.84. The van der Waals surface area contributed by atoms with Crippen LogP contribution < -0.4 is 5.43 Å². The van der Waals surface area contributed by atoms with E-state index in [0.29, 0.717) is 31.9 Å². The van der Waals surface area contributed by atoms with E-state index in [9.17, 15) is 19.8 Å². The van der Waals surface area contributed by atoms with Gasteiger partial charge in [0.25, 0.3) is 0 Å². The van der Waals surface area contributed by atoms with Gasteiger partial charge >= 0.3 is 5.97 Å². The normalized spacial score (nSPS) is 18.5. The lowest BCUT2D eigenvalue weighted by atomic mass is 9.98. The lowest BCUT2D eigenvalue weighted by Gasteiger charge is -2.30. The molecule has 0 amide bonds. The molecule has 1 aromatic rings. The zero-order chi connectivity index (χ0) is 17.0. The van der Waals surface area contributed by atoms with Crippen molar-refractivity contribution in [1.29, 1.82) is 0 Å². The number of rotatable bonds is 6. The Morgan fingerprint density at radius 3 is 2.61 bits per heavy atom. The molecule has 2 unspecified atom stereocenters. The van der Waals surface area contributed by atoms with Crippen LogP contribution in [0, 0.1) is 5.92 Å². The average molecular weight is 324 g/mol. The van der Waals surface area contributed by atoms with E-state index in [4.69, 9.17) is 4.74 Å². The van der Waals surface area contributed by atoms with Crippen molar-refractivity contribution in [2.75, 3.05) is 26.3 Å². The molecule has 0 bridgehead atoms. The number of carboxylic acid groups (broad SMARTS) is 1. The van der Waals surface area contributed by atoms with Gasteiger partial charge in [0.15, 0.2) is 5.75 Å². The lowest BCUT2D eigenvalue weighted by molar-refractivity contribution is -0.142. The van der Waals surface area contributed by atoms with Gasteiger partial charge in [-0.15, -0.1) is 0 Å². The average Bonchev–Trinajstić information content (AvgIpc) is 2.52. The summed E-state index contributed by atoms with van der Waals surface area (Å²) in [6.45, 7) is 6.94. The minimum Gasteiger partial charge on any atom is -0.503 e. The molecule has 2 atom stereocenters. The van der Waals surface area contributed by atoms with Gasteiger partial charge in [0.2, 0.25) is 5.43 Å². The summed E-state index contributed by atoms with van der Waals surface area (Å²) in [4.78, 5) is 25.7. The number of carbonyl (C=O) groups is 1. The van der Waals surface area contributed by atoms with Crippen molar-refractivity contribution in [3.63, 3.8) is 0 Å². The van der Waals surface area contributed by atoms with Crippen LogP contribution in [0.1, 0.15) is 32.0 Å². The van der Waals surface area contributed by atoms with E-state index in [-0.39, 0.29) is 5.92 Å². The number of hydrogen-bond donors (Lipinski definition) is 2. The summed E-state index contributed by atoms with van der Waals surface area (Å²) in [5, 5.41) is 19.4. The topological polar surface area (TPSA) is 92.0 Å². The highest BCUT2D eigenvalue weighted by Gasteiger charge is 2.28. The van der Waals surface area contributed by atoms with Gasteiger partial charge in [-0.25, -0.2) is 4.79 Å². The molecule has 7 nitrogen and oxygen atoms in total. The Kier molecular flexibility index (Phi) is 5.79. The highest BCUT2D eigenvalue weighted by atomic mass is 16.5. The number of ether oxygens (including phenoxy) is 1. The largest absolute Gasteiger partial charge is 0.503 e. The molecule has 0 aromatic carbocycles. The molecule has 128 valence electrons. The third-order valence-corrected chi connectivity index (χ3v) is 4.37. The molecule has 7 heteroatoms. The maximum absolute atomic E-state index is 11.8. The number of morpholine rings is 1. The van der Waals surface area contributed by atoms with Crippen LogP contribution in [0.4, 0.5) is 0 Å². The first-order valence-corrected chi connectivity index (χ1v) is 7.91. The molecule has 0 spiro atoms. The number of pyridine rings is 1. The zero-order valence-electron chi connectivity index (χ0n) is 13.6. The molecule has 0 aliphatic carbocycles. The second-order valence-corrected chi connectivity index (χ2v) is 5.98. The lowest BCUT2D eigenvalue weighted by Crippen LogP contribution is -2.38. The molecular weight excluding hydrogens is 300 g/mol. The fourth-order valence-corrected chi connectivity index (χ4v) is 2.81. The first-order chi connectivity index (χ1) is 10.9. The predicted octanol–water partition coefficient (Wildman–Crippen LogP) is 1.06. The van der Waals surface area contributed by atoms with Crippen molar-refractivity contribution >= 4 is 5.97 Å². The fourth-order valence-electron chi connectivity index (χ4n) is 2.81. The second kappa shape index (κ2) is 7.61. The second-order valence-electron chi connectivity index (χ2n) is 5.98. The van der Waals surface area contributed by atoms with Gasteiger partial charge < -0.3 is 19.5 Å². The third-order valence-electron chi connectivity index (χ3n) is 4.37. The fraction of sp³-hybridized carbons (Fsp3) is 0.625. The summed E-state index contributed by atoms with van der Waals surface area (Å²) >= 11 is 0. The van der Waals surface area contributed by atoms with Gasteiger partial charge in [-0.3, -0.25) is 9.69 Å². The standard InChI is InChI=1S/C16H24N2O5/c1-3-11(2)15(16(21)22)18-10-14(20)13(19)8-12(18)9-17-4-6-23-7-5-17/h8,10-11,15,20H,3-7,9H2,1-2H3,(H,21,22). The Hall–Kier alpha value is -1.86. The molecule has 2 heterocycles. The van der Waals surface area contributed by atoms with Crippen molar-refractivity contribution in [2.45, 2.75) is 32.9 Å². The van der Waals surface area contributed by atoms with Crippen molar-refractivity contribution in [2.24, 2.45) is 5.92 Å². The van der Waals surface area contributed by atoms with Crippen LogP contribution in [-0.4, -0.2) is 52.0 Å². The molecule has 23 heavy (non-hydrogen) atoms. The van der Waals surface area contributed by atoms with Crippen LogP contribution >= 0.6 is 0 Å². The van der Waals surface area contributed by atoms with E-state index in [1.54, 1.807) is 0 Å². The van der Waals surface area contributed by atoms with Gasteiger partial charge in [-0.05, 0) is 5.92 Å². The van der Waals surface area contributed by atoms with Gasteiger partial charge in [-0.1, -0.05) is 20.3 Å². The smallest absolute Gasteiger partial charge is 0.326 e. The van der Waals surface area contributed by atoms with Gasteiger partial charge in [0, 0.05) is 31.4 Å². The number of nitrogens with zero attached hydrogens (tertiary/aromatic N) is 2. The monoisotopic (exact) mass is 324 g/mol. The Labute approximate surface area is 135 Å². The summed E-state index contributed by atoms with van der Waals surface area (Å²) in [7, 11) is 0. The molecule has 1 fully saturated rings. The zero-order valence-corrected chi connectivity index (χ0v) is 13.6. The molecule has 1 aliphatic heterocycles. The Morgan fingerprint density at radius 1 is 1.39 bits per heavy atom. The SMILES string of the molecule is CCC(C)C(C(=O)O)n1cc(O)c(=O)cc1CN1CCOCC1. The number of aliphatic carboxylic acids is 1. The summed E-state index contributed by atoms with van der Waals surface area (Å²) in [5.74, 6) is -1.52.